The van der Waals surface area contributed by atoms with Crippen LogP contribution >= 0.6 is 0 Å². The molecule has 0 bridgehead atoms. The molecule has 16 heteroatoms. The molecule has 0 spiro atoms. The molecule has 6 N–H and O–H groups in total. The Labute approximate surface area is 330 Å². The Morgan fingerprint density at radius 1 is 1.07 bits per heavy atom. The van der Waals surface area contributed by atoms with E-state index in [4.69, 9.17) is 19.6 Å². The van der Waals surface area contributed by atoms with Crippen molar-refractivity contribution in [1.82, 2.24) is 25.6 Å². The largest absolute Gasteiger partial charge is 0.487 e. The van der Waals surface area contributed by atoms with Crippen LogP contribution in [0.15, 0.2) is 35.2 Å². The zero-order valence-electron chi connectivity index (χ0n) is 33.7. The average Bonchev–Trinajstić information content (AvgIpc) is 3.70. The highest BCUT2D eigenvalue weighted by molar-refractivity contribution is 7.90. The third-order valence-electron chi connectivity index (χ3n) is 10.2. The van der Waals surface area contributed by atoms with Gasteiger partial charge < -0.3 is 35.3 Å². The average molecular weight is 799 g/mol. The predicted octanol–water partition coefficient (Wildman–Crippen LogP) is 3.63. The smallest absolute Gasteiger partial charge is 0.411 e. The quantitative estimate of drug-likeness (QED) is 0.0930. The van der Waals surface area contributed by atoms with Crippen molar-refractivity contribution in [2.24, 2.45) is 0 Å². The van der Waals surface area contributed by atoms with Crippen molar-refractivity contribution in [3.63, 3.8) is 0 Å². The number of aliphatic hydroxyl groups excluding tert-OH is 1. The third kappa shape index (κ3) is 10.7. The Kier molecular flexibility index (Phi) is 13.0. The molecule has 1 aliphatic carbocycles. The molecule has 2 fully saturated rings. The number of likely N-dealkylation sites (tertiary alicyclic amines) is 1. The minimum atomic E-state index is -4.16. The molecule has 3 amide bonds. The minimum absolute atomic E-state index is 0.0376. The summed E-state index contributed by atoms with van der Waals surface area (Å²) in [6.07, 6.45) is -0.143. The number of carbonyl (C=O) groups is 3. The first-order valence-corrected chi connectivity index (χ1v) is 20.7. The van der Waals surface area contributed by atoms with Gasteiger partial charge in [-0.2, -0.15) is 0 Å². The number of hydrogen-bond acceptors (Lipinski definition) is 10. The lowest BCUT2D eigenvalue weighted by molar-refractivity contribution is -0.133. The first-order valence-electron chi connectivity index (χ1n) is 19.3. The number of ether oxygens (including phenoxy) is 3. The fourth-order valence-corrected chi connectivity index (χ4v) is 8.69. The van der Waals surface area contributed by atoms with Crippen molar-refractivity contribution in [2.75, 3.05) is 13.1 Å². The summed E-state index contributed by atoms with van der Waals surface area (Å²) in [6.45, 7) is 14.9. The Balaban J connectivity index is 1.23. The van der Waals surface area contributed by atoms with Crippen LogP contribution in [-0.4, -0.2) is 96.9 Å². The molecule has 1 saturated carbocycles. The van der Waals surface area contributed by atoms with Gasteiger partial charge in [0.25, 0.3) is 15.9 Å². The van der Waals surface area contributed by atoms with Gasteiger partial charge in [-0.1, -0.05) is 30.3 Å². The molecule has 5 rings (SSSR count). The molecular formula is C40H58N6O9S. The molecule has 0 aromatic heterocycles. The van der Waals surface area contributed by atoms with Crippen molar-refractivity contribution in [3.8, 4) is 5.75 Å². The standard InChI is InChI=1S/C40H58N6O9S/c1-23-24(2)34(25(3)29-20-40(7,8)54-33(23)29)56(51,52)45-37(41)42-18-12-15-30(32(47)36(49)43-27-16-17-27)44-35(48)31-19-28(53-22-26-13-10-9-11-14-26)21-46(31)38(50)55-39(4,5)6/h9-11,13-14,27-28,30-32,47H,12,15-22H2,1-8H3,(H,43,49)(H,44,48)(H3,41,42,45)/t28-,30+,31+,32?/m1/s1. The van der Waals surface area contributed by atoms with Gasteiger partial charge in [0, 0.05) is 31.0 Å². The highest BCUT2D eigenvalue weighted by atomic mass is 32.2. The number of amides is 3. The molecule has 2 aromatic carbocycles. The molecule has 56 heavy (non-hydrogen) atoms. The van der Waals surface area contributed by atoms with Crippen LogP contribution in [-0.2, 0) is 42.1 Å². The molecule has 4 atom stereocenters. The maximum Gasteiger partial charge on any atom is 0.411 e. The first-order chi connectivity index (χ1) is 26.2. The van der Waals surface area contributed by atoms with Gasteiger partial charge in [0.05, 0.1) is 30.2 Å². The van der Waals surface area contributed by atoms with Gasteiger partial charge in [0.1, 0.15) is 23.0 Å². The van der Waals surface area contributed by atoms with Crippen molar-refractivity contribution in [2.45, 2.75) is 147 Å². The van der Waals surface area contributed by atoms with E-state index in [0.29, 0.717) is 23.3 Å². The highest BCUT2D eigenvalue weighted by Gasteiger charge is 2.44. The van der Waals surface area contributed by atoms with Crippen LogP contribution in [0, 0.1) is 26.2 Å². The number of sulfonamides is 1. The number of carbonyl (C=O) groups excluding carboxylic acids is 3. The first kappa shape index (κ1) is 42.7. The fourth-order valence-electron chi connectivity index (χ4n) is 7.17. The molecule has 2 aliphatic heterocycles. The van der Waals surface area contributed by atoms with Crippen LogP contribution in [0.2, 0.25) is 0 Å². The summed E-state index contributed by atoms with van der Waals surface area (Å²) in [5.41, 5.74) is 2.33. The van der Waals surface area contributed by atoms with E-state index in [-0.39, 0.29) is 49.9 Å². The van der Waals surface area contributed by atoms with Gasteiger partial charge in [-0.15, -0.1) is 0 Å². The normalized spacial score (nSPS) is 20.0. The summed E-state index contributed by atoms with van der Waals surface area (Å²) in [5, 5.41) is 27.9. The monoisotopic (exact) mass is 798 g/mol. The second kappa shape index (κ2) is 17.0. The number of guanidine groups is 1. The summed E-state index contributed by atoms with van der Waals surface area (Å²) in [5.74, 6) is -0.961. The fraction of sp³-hybridized carbons (Fsp3) is 0.600. The Morgan fingerprint density at radius 3 is 2.39 bits per heavy atom. The second-order valence-corrected chi connectivity index (χ2v) is 18.4. The molecule has 15 nitrogen and oxygen atoms in total. The lowest BCUT2D eigenvalue weighted by Gasteiger charge is -2.30. The van der Waals surface area contributed by atoms with Crippen LogP contribution in [0.4, 0.5) is 4.79 Å². The van der Waals surface area contributed by atoms with Crippen molar-refractivity contribution >= 4 is 33.9 Å². The number of fused-ring (bicyclic) bond motifs is 1. The lowest BCUT2D eigenvalue weighted by atomic mass is 9.94. The van der Waals surface area contributed by atoms with E-state index in [1.54, 1.807) is 34.6 Å². The number of hydrogen-bond donors (Lipinski definition) is 6. The van der Waals surface area contributed by atoms with Gasteiger partial charge in [0.2, 0.25) is 11.9 Å². The van der Waals surface area contributed by atoms with Crippen molar-refractivity contribution in [3.05, 3.63) is 58.1 Å². The molecule has 1 saturated heterocycles. The van der Waals surface area contributed by atoms with E-state index >= 15 is 0 Å². The number of rotatable bonds is 14. The molecule has 308 valence electrons. The van der Waals surface area contributed by atoms with Crippen LogP contribution in [0.5, 0.6) is 5.75 Å². The highest BCUT2D eigenvalue weighted by Crippen LogP contribution is 2.43. The van der Waals surface area contributed by atoms with E-state index in [2.05, 4.69) is 20.7 Å². The summed E-state index contributed by atoms with van der Waals surface area (Å²) < 4.78 is 47.4. The number of nitrogens with one attached hydrogen (secondary N) is 5. The minimum Gasteiger partial charge on any atom is -0.487 e. The summed E-state index contributed by atoms with van der Waals surface area (Å²) in [6, 6.07) is 7.42. The van der Waals surface area contributed by atoms with Gasteiger partial charge in [0.15, 0.2) is 6.10 Å². The van der Waals surface area contributed by atoms with E-state index in [1.165, 1.54) is 4.90 Å². The molecule has 2 heterocycles. The Bertz CT molecular complexity index is 1910. The SMILES string of the molecule is Cc1c(C)c(S(=O)(=O)NC(=N)NCCC[C@H](NC(=O)[C@@H]2C[C@@H](OCc3ccccc3)CN2C(=O)OC(C)(C)C)C(O)C(=O)NC2CC2)c(C)c2c1OC(C)(C)C2. The van der Waals surface area contributed by atoms with E-state index in [1.807, 2.05) is 51.1 Å². The summed E-state index contributed by atoms with van der Waals surface area (Å²) in [7, 11) is -4.16. The van der Waals surface area contributed by atoms with Crippen LogP contribution in [0.25, 0.3) is 0 Å². The number of nitrogens with zero attached hydrogens (tertiary/aromatic N) is 1. The van der Waals surface area contributed by atoms with Gasteiger partial charge in [-0.3, -0.25) is 19.9 Å². The van der Waals surface area contributed by atoms with Gasteiger partial charge >= 0.3 is 6.09 Å². The summed E-state index contributed by atoms with van der Waals surface area (Å²) >= 11 is 0. The van der Waals surface area contributed by atoms with E-state index < -0.39 is 69.4 Å². The zero-order valence-corrected chi connectivity index (χ0v) is 34.5. The molecular weight excluding hydrogens is 741 g/mol. The molecule has 1 unspecified atom stereocenters. The number of aliphatic hydroxyl groups is 1. The predicted molar refractivity (Wildman–Crippen MR) is 210 cm³/mol. The lowest BCUT2D eigenvalue weighted by Crippen LogP contribution is -2.55. The van der Waals surface area contributed by atoms with Crippen molar-refractivity contribution < 1.29 is 42.1 Å². The van der Waals surface area contributed by atoms with Crippen LogP contribution in [0.3, 0.4) is 0 Å². The van der Waals surface area contributed by atoms with Crippen LogP contribution in [0.1, 0.15) is 94.5 Å². The maximum atomic E-state index is 13.9. The van der Waals surface area contributed by atoms with Crippen molar-refractivity contribution in [1.29, 1.82) is 5.41 Å². The second-order valence-electron chi connectivity index (χ2n) is 16.7. The van der Waals surface area contributed by atoms with E-state index in [9.17, 15) is 27.9 Å². The van der Waals surface area contributed by atoms with Crippen LogP contribution < -0.4 is 25.4 Å². The topological polar surface area (TPSA) is 208 Å². The van der Waals surface area contributed by atoms with Gasteiger partial charge in [-0.05, 0) is 103 Å². The Morgan fingerprint density at radius 2 is 1.75 bits per heavy atom. The van der Waals surface area contributed by atoms with E-state index in [0.717, 1.165) is 29.5 Å². The number of benzene rings is 2. The Hall–Kier alpha value is -4.41. The maximum absolute atomic E-state index is 13.9. The molecule has 2 aromatic rings. The molecule has 0 radical (unpaired) electrons. The third-order valence-corrected chi connectivity index (χ3v) is 11.8. The molecule has 3 aliphatic rings. The van der Waals surface area contributed by atoms with Gasteiger partial charge in [-0.25, -0.2) is 17.9 Å². The zero-order chi connectivity index (χ0) is 41.2. The summed E-state index contributed by atoms with van der Waals surface area (Å²) in [4.78, 5) is 41.7.